The molecular formula is C10H12N2O2. The lowest BCUT2D eigenvalue weighted by molar-refractivity contribution is 0.174. The van der Waals surface area contributed by atoms with Crippen LogP contribution in [0.2, 0.25) is 0 Å². The van der Waals surface area contributed by atoms with Gasteiger partial charge in [-0.05, 0) is 12.1 Å². The smallest absolute Gasteiger partial charge is 0.412 e. The number of anilines is 2. The van der Waals surface area contributed by atoms with E-state index in [9.17, 15) is 4.79 Å². The minimum absolute atomic E-state index is 0.179. The minimum Gasteiger partial charge on any atom is -0.445 e. The fraction of sp³-hybridized carbons (Fsp3) is 0.100. The number of hydrogen-bond acceptors (Lipinski definition) is 3. The molecule has 0 unspecified atom stereocenters. The minimum atomic E-state index is -0.539. The standard InChI is InChI=1S/C10H12N2O2/c1-2-7-14-10(13)12-9-6-4-3-5-8(9)11/h2-6H,1,7,11H2,(H,12,13). The van der Waals surface area contributed by atoms with E-state index in [1.54, 1.807) is 24.3 Å². The number of nitrogen functional groups attached to an aromatic ring is 1. The number of benzene rings is 1. The number of nitrogens with two attached hydrogens (primary N) is 1. The van der Waals surface area contributed by atoms with Crippen LogP contribution in [0.15, 0.2) is 36.9 Å². The van der Waals surface area contributed by atoms with E-state index in [0.29, 0.717) is 11.4 Å². The molecule has 1 rings (SSSR count). The molecule has 1 aromatic carbocycles. The van der Waals surface area contributed by atoms with Crippen LogP contribution in [0.4, 0.5) is 16.2 Å². The number of hydrogen-bond donors (Lipinski definition) is 2. The normalized spacial score (nSPS) is 9.14. The second-order valence-electron chi connectivity index (χ2n) is 2.60. The first-order valence-corrected chi connectivity index (χ1v) is 4.13. The summed E-state index contributed by atoms with van der Waals surface area (Å²) >= 11 is 0. The number of nitrogens with one attached hydrogen (secondary N) is 1. The molecular weight excluding hydrogens is 180 g/mol. The Morgan fingerprint density at radius 2 is 2.29 bits per heavy atom. The Morgan fingerprint density at radius 3 is 2.93 bits per heavy atom. The van der Waals surface area contributed by atoms with E-state index in [0.717, 1.165) is 0 Å². The predicted molar refractivity (Wildman–Crippen MR) is 56.0 cm³/mol. The Kier molecular flexibility index (Phi) is 3.55. The summed E-state index contributed by atoms with van der Waals surface area (Å²) in [4.78, 5) is 11.1. The van der Waals surface area contributed by atoms with Crippen LogP contribution < -0.4 is 11.1 Å². The Bertz CT molecular complexity index is 337. The van der Waals surface area contributed by atoms with Crippen LogP contribution in [-0.2, 0) is 4.74 Å². The predicted octanol–water partition coefficient (Wildman–Crippen LogP) is 2.00. The SMILES string of the molecule is C=CCOC(=O)Nc1ccccc1N. The van der Waals surface area contributed by atoms with E-state index in [1.165, 1.54) is 6.08 Å². The number of ether oxygens (including phenoxy) is 1. The van der Waals surface area contributed by atoms with E-state index in [-0.39, 0.29) is 6.61 Å². The summed E-state index contributed by atoms with van der Waals surface area (Å²) in [5, 5.41) is 2.51. The second kappa shape index (κ2) is 4.91. The molecule has 0 bridgehead atoms. The van der Waals surface area contributed by atoms with Crippen molar-refractivity contribution >= 4 is 17.5 Å². The maximum atomic E-state index is 11.1. The highest BCUT2D eigenvalue weighted by atomic mass is 16.5. The van der Waals surface area contributed by atoms with Crippen molar-refractivity contribution in [2.75, 3.05) is 17.7 Å². The number of para-hydroxylation sites is 2. The molecule has 14 heavy (non-hydrogen) atoms. The van der Waals surface area contributed by atoms with Crippen LogP contribution in [0.25, 0.3) is 0 Å². The Hall–Kier alpha value is -1.97. The third-order valence-corrected chi connectivity index (χ3v) is 1.53. The van der Waals surface area contributed by atoms with Crippen LogP contribution in [0.1, 0.15) is 0 Å². The molecule has 0 atom stereocenters. The van der Waals surface area contributed by atoms with Gasteiger partial charge in [0.1, 0.15) is 6.61 Å². The number of carbonyl (C=O) groups excluding carboxylic acids is 1. The molecule has 0 aliphatic carbocycles. The number of carbonyl (C=O) groups is 1. The van der Waals surface area contributed by atoms with Crippen molar-refractivity contribution < 1.29 is 9.53 Å². The fourth-order valence-corrected chi connectivity index (χ4v) is 0.891. The van der Waals surface area contributed by atoms with Crippen molar-refractivity contribution in [2.24, 2.45) is 0 Å². The highest BCUT2D eigenvalue weighted by molar-refractivity contribution is 5.88. The first-order valence-electron chi connectivity index (χ1n) is 4.13. The third kappa shape index (κ3) is 2.82. The van der Waals surface area contributed by atoms with Gasteiger partial charge in [-0.15, -0.1) is 0 Å². The van der Waals surface area contributed by atoms with Crippen molar-refractivity contribution in [3.8, 4) is 0 Å². The quantitative estimate of drug-likeness (QED) is 0.568. The van der Waals surface area contributed by atoms with Gasteiger partial charge in [0.2, 0.25) is 0 Å². The molecule has 0 aliphatic heterocycles. The van der Waals surface area contributed by atoms with Gasteiger partial charge in [0.05, 0.1) is 11.4 Å². The van der Waals surface area contributed by atoms with Gasteiger partial charge in [0.25, 0.3) is 0 Å². The maximum Gasteiger partial charge on any atom is 0.412 e. The van der Waals surface area contributed by atoms with Crippen molar-refractivity contribution in [3.63, 3.8) is 0 Å². The highest BCUT2D eigenvalue weighted by Gasteiger charge is 2.03. The first kappa shape index (κ1) is 10.1. The van der Waals surface area contributed by atoms with Gasteiger partial charge in [0.15, 0.2) is 0 Å². The van der Waals surface area contributed by atoms with Crippen molar-refractivity contribution in [3.05, 3.63) is 36.9 Å². The molecule has 74 valence electrons. The topological polar surface area (TPSA) is 64.3 Å². The van der Waals surface area contributed by atoms with Gasteiger partial charge in [-0.1, -0.05) is 24.8 Å². The molecule has 0 fully saturated rings. The van der Waals surface area contributed by atoms with Crippen LogP contribution in [0.5, 0.6) is 0 Å². The largest absolute Gasteiger partial charge is 0.445 e. The van der Waals surface area contributed by atoms with Crippen LogP contribution in [-0.4, -0.2) is 12.7 Å². The third-order valence-electron chi connectivity index (χ3n) is 1.53. The summed E-state index contributed by atoms with van der Waals surface area (Å²) in [5.41, 5.74) is 6.65. The lowest BCUT2D eigenvalue weighted by atomic mass is 10.3. The molecule has 1 aromatic rings. The summed E-state index contributed by atoms with van der Waals surface area (Å²) < 4.78 is 4.73. The molecule has 0 spiro atoms. The van der Waals surface area contributed by atoms with Gasteiger partial charge in [-0.3, -0.25) is 5.32 Å². The lowest BCUT2D eigenvalue weighted by Gasteiger charge is -2.06. The summed E-state index contributed by atoms with van der Waals surface area (Å²) in [6.07, 6.45) is 0.955. The zero-order valence-corrected chi connectivity index (χ0v) is 7.69. The summed E-state index contributed by atoms with van der Waals surface area (Å²) in [5.74, 6) is 0. The average Bonchev–Trinajstić information content (AvgIpc) is 2.18. The highest BCUT2D eigenvalue weighted by Crippen LogP contribution is 2.16. The lowest BCUT2D eigenvalue weighted by Crippen LogP contribution is -2.14. The van der Waals surface area contributed by atoms with Gasteiger partial charge in [-0.2, -0.15) is 0 Å². The summed E-state index contributed by atoms with van der Waals surface area (Å²) in [6.45, 7) is 3.61. The fourth-order valence-electron chi connectivity index (χ4n) is 0.891. The number of rotatable bonds is 3. The molecule has 0 radical (unpaired) electrons. The van der Waals surface area contributed by atoms with Gasteiger partial charge in [0, 0.05) is 0 Å². The molecule has 3 N–H and O–H groups in total. The number of amides is 1. The molecule has 4 heteroatoms. The van der Waals surface area contributed by atoms with Crippen LogP contribution in [0, 0.1) is 0 Å². The average molecular weight is 192 g/mol. The van der Waals surface area contributed by atoms with Crippen molar-refractivity contribution in [1.29, 1.82) is 0 Å². The summed E-state index contributed by atoms with van der Waals surface area (Å²) in [6, 6.07) is 6.96. The second-order valence-corrected chi connectivity index (χ2v) is 2.60. The van der Waals surface area contributed by atoms with E-state index in [1.807, 2.05) is 0 Å². The van der Waals surface area contributed by atoms with E-state index in [4.69, 9.17) is 10.5 Å². The van der Waals surface area contributed by atoms with E-state index >= 15 is 0 Å². The molecule has 0 aliphatic rings. The van der Waals surface area contributed by atoms with Crippen LogP contribution in [0.3, 0.4) is 0 Å². The van der Waals surface area contributed by atoms with E-state index < -0.39 is 6.09 Å². The Balaban J connectivity index is 2.56. The van der Waals surface area contributed by atoms with Gasteiger partial charge in [-0.25, -0.2) is 4.79 Å². The van der Waals surface area contributed by atoms with Gasteiger partial charge >= 0.3 is 6.09 Å². The molecule has 0 heterocycles. The molecule has 0 aromatic heterocycles. The molecule has 4 nitrogen and oxygen atoms in total. The van der Waals surface area contributed by atoms with Crippen LogP contribution >= 0.6 is 0 Å². The molecule has 0 saturated carbocycles. The van der Waals surface area contributed by atoms with Crippen molar-refractivity contribution in [1.82, 2.24) is 0 Å². The first-order chi connectivity index (χ1) is 6.74. The molecule has 1 amide bonds. The van der Waals surface area contributed by atoms with Gasteiger partial charge < -0.3 is 10.5 Å². The monoisotopic (exact) mass is 192 g/mol. The Labute approximate surface area is 82.4 Å². The Morgan fingerprint density at radius 1 is 1.57 bits per heavy atom. The van der Waals surface area contributed by atoms with Crippen molar-refractivity contribution in [2.45, 2.75) is 0 Å². The zero-order chi connectivity index (χ0) is 10.4. The van der Waals surface area contributed by atoms with E-state index in [2.05, 4.69) is 11.9 Å². The maximum absolute atomic E-state index is 11.1. The zero-order valence-electron chi connectivity index (χ0n) is 7.69. The molecule has 0 saturated heterocycles. The summed E-state index contributed by atoms with van der Waals surface area (Å²) in [7, 11) is 0.